The van der Waals surface area contributed by atoms with Crippen LogP contribution in [0.2, 0.25) is 0 Å². The van der Waals surface area contributed by atoms with E-state index in [9.17, 15) is 4.79 Å². The van der Waals surface area contributed by atoms with Crippen LogP contribution in [-0.2, 0) is 12.8 Å². The van der Waals surface area contributed by atoms with E-state index in [1.165, 1.54) is 0 Å². The van der Waals surface area contributed by atoms with Crippen molar-refractivity contribution in [3.63, 3.8) is 0 Å². The Morgan fingerprint density at radius 1 is 1.23 bits per heavy atom. The Morgan fingerprint density at radius 3 is 2.64 bits per heavy atom. The van der Waals surface area contributed by atoms with Gasteiger partial charge in [0.15, 0.2) is 0 Å². The van der Waals surface area contributed by atoms with Gasteiger partial charge in [-0.25, -0.2) is 9.78 Å². The van der Waals surface area contributed by atoms with Crippen LogP contribution >= 0.6 is 11.3 Å². The number of aryl methyl sites for hydroxylation is 1. The molecule has 0 bridgehead atoms. The lowest BCUT2D eigenvalue weighted by atomic mass is 10.1. The molecule has 0 saturated heterocycles. The number of hydrogen-bond acceptors (Lipinski definition) is 4. The van der Waals surface area contributed by atoms with Gasteiger partial charge in [0.05, 0.1) is 17.8 Å². The summed E-state index contributed by atoms with van der Waals surface area (Å²) in [4.78, 5) is 16.1. The monoisotopic (exact) mass is 319 g/mol. The topological polar surface area (TPSA) is 63.2 Å². The first-order valence-corrected chi connectivity index (χ1v) is 8.11. The third kappa shape index (κ3) is 5.04. The summed E-state index contributed by atoms with van der Waals surface area (Å²) in [5.41, 5.74) is 2.11. The summed E-state index contributed by atoms with van der Waals surface area (Å²) in [7, 11) is 1.65. The van der Waals surface area contributed by atoms with Crippen molar-refractivity contribution in [3.8, 4) is 5.75 Å². The van der Waals surface area contributed by atoms with Crippen molar-refractivity contribution in [2.75, 3.05) is 20.2 Å². The number of thiazole rings is 1. The molecule has 0 atom stereocenters. The summed E-state index contributed by atoms with van der Waals surface area (Å²) in [6.07, 6.45) is 1.49. The van der Waals surface area contributed by atoms with E-state index in [1.54, 1.807) is 18.4 Å². The summed E-state index contributed by atoms with van der Waals surface area (Å²) in [6, 6.07) is 7.67. The highest BCUT2D eigenvalue weighted by Gasteiger charge is 2.04. The van der Waals surface area contributed by atoms with Crippen molar-refractivity contribution in [2.45, 2.75) is 19.8 Å². The molecule has 0 aliphatic heterocycles. The third-order valence-electron chi connectivity index (χ3n) is 3.21. The number of hydrogen-bond donors (Lipinski definition) is 2. The maximum Gasteiger partial charge on any atom is 0.314 e. The zero-order chi connectivity index (χ0) is 15.8. The van der Waals surface area contributed by atoms with Gasteiger partial charge in [-0.1, -0.05) is 18.2 Å². The molecule has 0 saturated carbocycles. The van der Waals surface area contributed by atoms with E-state index in [2.05, 4.69) is 15.6 Å². The Morgan fingerprint density at radius 2 is 1.95 bits per heavy atom. The van der Waals surface area contributed by atoms with Crippen LogP contribution in [0.15, 0.2) is 29.6 Å². The number of nitrogens with zero attached hydrogens (tertiary/aromatic N) is 1. The van der Waals surface area contributed by atoms with Gasteiger partial charge in [-0.05, 0) is 25.0 Å². The van der Waals surface area contributed by atoms with Crippen LogP contribution in [0.3, 0.4) is 0 Å². The fourth-order valence-corrected chi connectivity index (χ4v) is 2.76. The Bertz CT molecular complexity index is 613. The van der Waals surface area contributed by atoms with Crippen molar-refractivity contribution in [3.05, 3.63) is 45.9 Å². The van der Waals surface area contributed by atoms with Gasteiger partial charge in [-0.15, -0.1) is 11.3 Å². The molecule has 2 aromatic rings. The molecule has 2 rings (SSSR count). The molecule has 5 nitrogen and oxygen atoms in total. The molecule has 0 spiro atoms. The number of benzene rings is 1. The second-order valence-corrected chi connectivity index (χ2v) is 5.91. The molecule has 0 radical (unpaired) electrons. The molecule has 1 aromatic carbocycles. The number of carbonyl (C=O) groups excluding carboxylic acids is 1. The van der Waals surface area contributed by atoms with Crippen LogP contribution in [-0.4, -0.2) is 31.2 Å². The van der Waals surface area contributed by atoms with Crippen LogP contribution in [0.25, 0.3) is 0 Å². The number of aromatic nitrogens is 1. The van der Waals surface area contributed by atoms with E-state index < -0.39 is 0 Å². The second kappa shape index (κ2) is 8.38. The summed E-state index contributed by atoms with van der Waals surface area (Å²) >= 11 is 1.63. The van der Waals surface area contributed by atoms with Crippen LogP contribution in [0.5, 0.6) is 5.75 Å². The van der Waals surface area contributed by atoms with Crippen molar-refractivity contribution in [1.82, 2.24) is 15.6 Å². The second-order valence-electron chi connectivity index (χ2n) is 4.85. The predicted molar refractivity (Wildman–Crippen MR) is 88.7 cm³/mol. The van der Waals surface area contributed by atoms with E-state index in [-0.39, 0.29) is 6.03 Å². The van der Waals surface area contributed by atoms with E-state index in [1.807, 2.05) is 36.6 Å². The maximum atomic E-state index is 11.7. The molecule has 0 unspecified atom stereocenters. The number of methoxy groups -OCH3 is 1. The fourth-order valence-electron chi connectivity index (χ4n) is 2.11. The van der Waals surface area contributed by atoms with Crippen LogP contribution in [0, 0.1) is 6.92 Å². The minimum absolute atomic E-state index is 0.151. The van der Waals surface area contributed by atoms with Crippen LogP contribution < -0.4 is 15.4 Å². The highest BCUT2D eigenvalue weighted by atomic mass is 32.1. The van der Waals surface area contributed by atoms with E-state index >= 15 is 0 Å². The molecule has 0 fully saturated rings. The first kappa shape index (κ1) is 16.3. The lowest BCUT2D eigenvalue weighted by Gasteiger charge is -2.09. The van der Waals surface area contributed by atoms with E-state index in [0.717, 1.165) is 34.9 Å². The lowest BCUT2D eigenvalue weighted by Crippen LogP contribution is -2.37. The smallest absolute Gasteiger partial charge is 0.314 e. The number of urea groups is 1. The molecule has 6 heteroatoms. The normalized spacial score (nSPS) is 10.3. The van der Waals surface area contributed by atoms with Gasteiger partial charge in [-0.3, -0.25) is 0 Å². The number of nitrogens with one attached hydrogen (secondary N) is 2. The van der Waals surface area contributed by atoms with Crippen molar-refractivity contribution in [1.29, 1.82) is 0 Å². The molecule has 0 aliphatic carbocycles. The summed E-state index contributed by atoms with van der Waals surface area (Å²) in [6.45, 7) is 3.14. The fraction of sp³-hybridized carbons (Fsp3) is 0.375. The quantitative estimate of drug-likeness (QED) is 0.824. The summed E-state index contributed by atoms with van der Waals surface area (Å²) in [5, 5.41) is 8.77. The average molecular weight is 319 g/mol. The highest BCUT2D eigenvalue weighted by molar-refractivity contribution is 7.09. The van der Waals surface area contributed by atoms with Crippen LogP contribution in [0.4, 0.5) is 4.79 Å². The van der Waals surface area contributed by atoms with Crippen molar-refractivity contribution >= 4 is 17.4 Å². The van der Waals surface area contributed by atoms with Crippen molar-refractivity contribution < 1.29 is 9.53 Å². The number of amides is 2. The minimum atomic E-state index is -0.151. The molecule has 1 aromatic heterocycles. The predicted octanol–water partition coefficient (Wildman–Crippen LogP) is 2.54. The van der Waals surface area contributed by atoms with Gasteiger partial charge in [-0.2, -0.15) is 0 Å². The largest absolute Gasteiger partial charge is 0.496 e. The van der Waals surface area contributed by atoms with E-state index in [0.29, 0.717) is 13.1 Å². The first-order valence-electron chi connectivity index (χ1n) is 7.23. The SMILES string of the molecule is COc1ccccc1CCNC(=O)NCCc1csc(C)n1. The summed E-state index contributed by atoms with van der Waals surface area (Å²) < 4.78 is 5.28. The first-order chi connectivity index (χ1) is 10.7. The van der Waals surface area contributed by atoms with Gasteiger partial charge in [0.2, 0.25) is 0 Å². The van der Waals surface area contributed by atoms with Crippen LogP contribution in [0.1, 0.15) is 16.3 Å². The summed E-state index contributed by atoms with van der Waals surface area (Å²) in [5.74, 6) is 0.851. The van der Waals surface area contributed by atoms with Gasteiger partial charge in [0.25, 0.3) is 0 Å². The minimum Gasteiger partial charge on any atom is -0.496 e. The third-order valence-corrected chi connectivity index (χ3v) is 4.03. The molecular weight excluding hydrogens is 298 g/mol. The highest BCUT2D eigenvalue weighted by Crippen LogP contribution is 2.17. The van der Waals surface area contributed by atoms with Gasteiger partial charge in [0, 0.05) is 24.9 Å². The zero-order valence-corrected chi connectivity index (χ0v) is 13.7. The Balaban J connectivity index is 1.65. The van der Waals surface area contributed by atoms with Gasteiger partial charge in [0.1, 0.15) is 5.75 Å². The molecule has 118 valence electrons. The Kier molecular flexibility index (Phi) is 6.21. The van der Waals surface area contributed by atoms with Crippen molar-refractivity contribution in [2.24, 2.45) is 0 Å². The standard InChI is InChI=1S/C16H21N3O2S/c1-12-19-14(11-22-12)8-10-18-16(20)17-9-7-13-5-3-4-6-15(13)21-2/h3-6,11H,7-10H2,1-2H3,(H2,17,18,20). The molecule has 0 aliphatic rings. The lowest BCUT2D eigenvalue weighted by molar-refractivity contribution is 0.241. The molecule has 2 N–H and O–H groups in total. The average Bonchev–Trinajstić information content (AvgIpc) is 2.93. The number of ether oxygens (including phenoxy) is 1. The number of carbonyl (C=O) groups is 1. The zero-order valence-electron chi connectivity index (χ0n) is 12.9. The van der Waals surface area contributed by atoms with E-state index in [4.69, 9.17) is 4.74 Å². The molecule has 1 heterocycles. The molecular formula is C16H21N3O2S. The van der Waals surface area contributed by atoms with Gasteiger partial charge < -0.3 is 15.4 Å². The molecule has 22 heavy (non-hydrogen) atoms. The number of rotatable bonds is 7. The molecule has 2 amide bonds. The number of para-hydroxylation sites is 1. The van der Waals surface area contributed by atoms with Gasteiger partial charge >= 0.3 is 6.03 Å². The maximum absolute atomic E-state index is 11.7. The Labute approximate surface area is 134 Å². The Hall–Kier alpha value is -2.08.